The van der Waals surface area contributed by atoms with E-state index in [0.29, 0.717) is 86.8 Å². The first kappa shape index (κ1) is 57.9. The summed E-state index contributed by atoms with van der Waals surface area (Å²) in [6.45, 7) is 12.1. The Kier molecular flexibility index (Phi) is 18.4. The average molecular weight is 1110 g/mol. The fourth-order valence-electron chi connectivity index (χ4n) is 11.6. The molecule has 5 aliphatic heterocycles. The summed E-state index contributed by atoms with van der Waals surface area (Å²) in [6, 6.07) is 17.5. The molecule has 2 unspecified atom stereocenters. The van der Waals surface area contributed by atoms with Gasteiger partial charge in [0.25, 0.3) is 0 Å². The number of nitrogens with zero attached hydrogens (tertiary/aromatic N) is 4. The molecule has 0 aliphatic carbocycles. The van der Waals surface area contributed by atoms with Gasteiger partial charge in [0.05, 0.1) is 37.8 Å². The first-order valence-corrected chi connectivity index (χ1v) is 27.7. The number of carbonyl (C=O) groups is 6. The number of nitrogens with one attached hydrogen (secondary N) is 6. The molecule has 5 aliphatic rings. The van der Waals surface area contributed by atoms with Crippen molar-refractivity contribution in [2.24, 2.45) is 5.92 Å². The van der Waals surface area contributed by atoms with Gasteiger partial charge < -0.3 is 51.2 Å². The maximum atomic E-state index is 14.9. The predicted molar refractivity (Wildman–Crippen MR) is 295 cm³/mol. The number of anilines is 3. The predicted octanol–water partition coefficient (Wildman–Crippen LogP) is 3.85. The Morgan fingerprint density at radius 1 is 0.850 bits per heavy atom. The van der Waals surface area contributed by atoms with Crippen LogP contribution < -0.4 is 36.8 Å². The van der Waals surface area contributed by atoms with E-state index < -0.39 is 76.9 Å². The highest BCUT2D eigenvalue weighted by Crippen LogP contribution is 2.42. The summed E-state index contributed by atoms with van der Waals surface area (Å²) in [5.41, 5.74) is 2.55. The van der Waals surface area contributed by atoms with Crippen LogP contribution in [0.5, 0.6) is 0 Å². The standard InChI is InChI=1S/C59H73F3N10O8/c1-35-29-70(45(27-64-35)31-69-19-22-80-33-36(69)2)32-52(74)72-34-59(4,46-16-11-39(24-49(46)72)23-38-9-13-43(60)14-10-38)58(78)65-28-51(73)66-44-15-12-41-26-50(56(76)68-54-47(61)7-6-8-48(54)62)71(30-42(41)25-44)57(77)53(40-17-20-79-21-18-40)67-55(75)37(3)63-5/h6-16,24-25,35-37,40,45,50,53,63-64H,17-23,26-34H2,1-5H3,(H,65,78)(H,66,73)(H,67,75)(H,68,76)/t35-,36-,37+,45-,50+,53?,59?/m1/s1. The smallest absolute Gasteiger partial charge is 0.247 e. The van der Waals surface area contributed by atoms with Gasteiger partial charge in [0, 0.05) is 88.4 Å². The van der Waals surface area contributed by atoms with Crippen molar-refractivity contribution >= 4 is 52.5 Å². The lowest BCUT2D eigenvalue weighted by Gasteiger charge is -2.43. The van der Waals surface area contributed by atoms with Crippen LogP contribution in [0.3, 0.4) is 0 Å². The van der Waals surface area contributed by atoms with Crippen LogP contribution in [0, 0.1) is 23.4 Å². The molecule has 21 heteroatoms. The van der Waals surface area contributed by atoms with Crippen LogP contribution in [-0.2, 0) is 63.0 Å². The Morgan fingerprint density at radius 2 is 1.59 bits per heavy atom. The summed E-state index contributed by atoms with van der Waals surface area (Å²) >= 11 is 0. The van der Waals surface area contributed by atoms with Gasteiger partial charge in [-0.1, -0.05) is 36.4 Å². The number of hydrogen-bond acceptors (Lipinski definition) is 12. The van der Waals surface area contributed by atoms with E-state index in [-0.39, 0.29) is 61.8 Å². The van der Waals surface area contributed by atoms with Crippen LogP contribution in [-0.4, -0.2) is 166 Å². The van der Waals surface area contributed by atoms with Gasteiger partial charge in [-0.25, -0.2) is 13.2 Å². The summed E-state index contributed by atoms with van der Waals surface area (Å²) in [6.07, 6.45) is 1.30. The number of benzene rings is 4. The Labute approximate surface area is 464 Å². The van der Waals surface area contributed by atoms with Crippen LogP contribution in [0.4, 0.5) is 30.2 Å². The van der Waals surface area contributed by atoms with Gasteiger partial charge >= 0.3 is 0 Å². The molecule has 0 spiro atoms. The molecule has 4 aromatic rings. The van der Waals surface area contributed by atoms with Crippen LogP contribution in [0.1, 0.15) is 68.4 Å². The molecule has 4 aromatic carbocycles. The van der Waals surface area contributed by atoms with Gasteiger partial charge in [0.15, 0.2) is 0 Å². The third kappa shape index (κ3) is 13.2. The lowest BCUT2D eigenvalue weighted by Crippen LogP contribution is -2.62. The molecule has 428 valence electrons. The first-order valence-electron chi connectivity index (χ1n) is 27.7. The third-order valence-corrected chi connectivity index (χ3v) is 16.5. The number of ether oxygens (including phenoxy) is 2. The number of amides is 6. The lowest BCUT2D eigenvalue weighted by atomic mass is 9.83. The molecule has 6 N–H and O–H groups in total. The number of piperazine rings is 1. The molecule has 9 rings (SSSR count). The number of carbonyl (C=O) groups excluding carboxylic acids is 6. The summed E-state index contributed by atoms with van der Waals surface area (Å²) in [4.78, 5) is 93.2. The van der Waals surface area contributed by atoms with E-state index in [1.54, 1.807) is 56.1 Å². The zero-order valence-electron chi connectivity index (χ0n) is 46.0. The molecular weight excluding hydrogens is 1030 g/mol. The number of hydrogen-bond donors (Lipinski definition) is 6. The van der Waals surface area contributed by atoms with Crippen molar-refractivity contribution in [3.8, 4) is 0 Å². The van der Waals surface area contributed by atoms with Gasteiger partial charge in [-0.05, 0) is 130 Å². The SMILES string of the molecule is CN[C@@H](C)C(=O)NC(C(=O)N1Cc2cc(NC(=O)CNC(=O)C3(C)CN(C(=O)CN4C[C@@H](C)NC[C@@H]4CN4CCOC[C@H]4C)c4cc(Cc5ccc(F)cc5)ccc43)ccc2C[C@H]1C(=O)Nc1c(F)cccc1F)C1CCOCC1. The van der Waals surface area contributed by atoms with E-state index in [0.717, 1.165) is 36.3 Å². The van der Waals surface area contributed by atoms with E-state index in [2.05, 4.69) is 55.5 Å². The Morgan fingerprint density at radius 3 is 2.31 bits per heavy atom. The normalized spacial score (nSPS) is 23.3. The Bertz CT molecular complexity index is 2930. The highest BCUT2D eigenvalue weighted by atomic mass is 19.1. The lowest BCUT2D eigenvalue weighted by molar-refractivity contribution is -0.145. The minimum atomic E-state index is -1.27. The number of likely N-dealkylation sites (N-methyl/N-ethyl adjacent to an activating group) is 1. The summed E-state index contributed by atoms with van der Waals surface area (Å²) in [5, 5.41) is 17.4. The quantitative estimate of drug-likeness (QED) is 0.0893. The minimum absolute atomic E-state index is 0.0172. The molecule has 6 amide bonds. The van der Waals surface area contributed by atoms with Crippen molar-refractivity contribution in [1.82, 2.24) is 36.0 Å². The van der Waals surface area contributed by atoms with Crippen LogP contribution in [0.2, 0.25) is 0 Å². The van der Waals surface area contributed by atoms with Crippen molar-refractivity contribution in [1.29, 1.82) is 0 Å². The van der Waals surface area contributed by atoms with E-state index >= 15 is 0 Å². The van der Waals surface area contributed by atoms with Crippen LogP contribution in [0.25, 0.3) is 0 Å². The second-order valence-corrected chi connectivity index (χ2v) is 22.2. The third-order valence-electron chi connectivity index (χ3n) is 16.5. The monoisotopic (exact) mass is 1110 g/mol. The number of morpholine rings is 1. The average Bonchev–Trinajstić information content (AvgIpc) is 3.76. The first-order chi connectivity index (χ1) is 38.4. The molecule has 3 fully saturated rings. The Balaban J connectivity index is 0.920. The Hall–Kier alpha value is -6.75. The molecule has 18 nitrogen and oxygen atoms in total. The fourth-order valence-corrected chi connectivity index (χ4v) is 11.6. The molecule has 5 heterocycles. The van der Waals surface area contributed by atoms with Gasteiger partial charge in [-0.15, -0.1) is 0 Å². The van der Waals surface area contributed by atoms with E-state index in [1.807, 2.05) is 18.2 Å². The van der Waals surface area contributed by atoms with Gasteiger partial charge in [-0.3, -0.25) is 38.6 Å². The highest BCUT2D eigenvalue weighted by Gasteiger charge is 2.48. The number of fused-ring (bicyclic) bond motifs is 2. The number of halogens is 3. The second-order valence-electron chi connectivity index (χ2n) is 22.2. The molecule has 3 saturated heterocycles. The van der Waals surface area contributed by atoms with Crippen molar-refractivity contribution < 1.29 is 51.4 Å². The topological polar surface area (TPSA) is 206 Å². The van der Waals surface area contributed by atoms with Crippen molar-refractivity contribution in [3.63, 3.8) is 0 Å². The van der Waals surface area contributed by atoms with Gasteiger partial charge in [0.1, 0.15) is 35.2 Å². The van der Waals surface area contributed by atoms with Crippen molar-refractivity contribution in [3.05, 3.63) is 124 Å². The zero-order chi connectivity index (χ0) is 56.8. The van der Waals surface area contributed by atoms with Crippen molar-refractivity contribution in [2.75, 3.05) is 94.8 Å². The van der Waals surface area contributed by atoms with E-state index in [4.69, 9.17) is 9.47 Å². The van der Waals surface area contributed by atoms with Crippen LogP contribution >= 0.6 is 0 Å². The molecule has 7 atom stereocenters. The molecule has 0 saturated carbocycles. The number of rotatable bonds is 17. The van der Waals surface area contributed by atoms with E-state index in [9.17, 15) is 41.9 Å². The maximum Gasteiger partial charge on any atom is 0.247 e. The highest BCUT2D eigenvalue weighted by molar-refractivity contribution is 6.04. The summed E-state index contributed by atoms with van der Waals surface area (Å²) in [7, 11) is 1.61. The van der Waals surface area contributed by atoms with Crippen molar-refractivity contribution in [2.45, 2.75) is 102 Å². The molecule has 80 heavy (non-hydrogen) atoms. The summed E-state index contributed by atoms with van der Waals surface area (Å²) < 4.78 is 55.0. The van der Waals surface area contributed by atoms with Gasteiger partial charge in [0.2, 0.25) is 35.4 Å². The number of para-hydroxylation sites is 1. The minimum Gasteiger partial charge on any atom is -0.381 e. The van der Waals surface area contributed by atoms with Crippen LogP contribution in [0.15, 0.2) is 78.9 Å². The second kappa shape index (κ2) is 25.4. The maximum absolute atomic E-state index is 14.9. The largest absolute Gasteiger partial charge is 0.381 e. The zero-order valence-corrected chi connectivity index (χ0v) is 46.0. The molecular formula is C59H73F3N10O8. The van der Waals surface area contributed by atoms with E-state index in [1.165, 1.54) is 23.1 Å². The summed E-state index contributed by atoms with van der Waals surface area (Å²) in [5.74, 6) is -5.74. The fraction of sp³-hybridized carbons (Fsp3) is 0.492. The molecule has 0 radical (unpaired) electrons. The van der Waals surface area contributed by atoms with Gasteiger partial charge in [-0.2, -0.15) is 0 Å². The molecule has 0 bridgehead atoms. The molecule has 0 aromatic heterocycles.